The third kappa shape index (κ3) is 7.19. The molecular formula is C39H40F6N6O2Si. The summed E-state index contributed by atoms with van der Waals surface area (Å²) < 4.78 is 96.0. The number of benzene rings is 2. The number of ether oxygens (including phenoxy) is 1. The van der Waals surface area contributed by atoms with E-state index in [0.29, 0.717) is 39.5 Å². The number of amides is 1. The number of fused-ring (bicyclic) bond motifs is 4. The van der Waals surface area contributed by atoms with Crippen LogP contribution in [-0.4, -0.2) is 45.1 Å². The van der Waals surface area contributed by atoms with Crippen LogP contribution < -0.4 is 5.32 Å². The fraction of sp³-hybridized carbons (Fsp3) is 0.436. The van der Waals surface area contributed by atoms with E-state index >= 15 is 8.78 Å². The number of nitrogens with zero attached hydrogens (tertiary/aromatic N) is 5. The fourth-order valence-electron chi connectivity index (χ4n) is 7.63. The molecule has 2 saturated carbocycles. The van der Waals surface area contributed by atoms with Gasteiger partial charge in [-0.3, -0.25) is 9.48 Å². The van der Waals surface area contributed by atoms with Crippen molar-refractivity contribution in [2.75, 3.05) is 6.61 Å². The largest absolute Gasteiger partial charge is 0.360 e. The molecule has 3 aliphatic rings. The molecule has 15 heteroatoms. The van der Waals surface area contributed by atoms with Crippen LogP contribution in [0.3, 0.4) is 0 Å². The Bertz CT molecular complexity index is 2210. The van der Waals surface area contributed by atoms with Gasteiger partial charge in [-0.1, -0.05) is 43.9 Å². The Morgan fingerprint density at radius 3 is 2.41 bits per heavy atom. The first kappa shape index (κ1) is 36.5. The summed E-state index contributed by atoms with van der Waals surface area (Å²) in [6, 6.07) is 12.8. The van der Waals surface area contributed by atoms with E-state index in [9.17, 15) is 22.4 Å². The first-order chi connectivity index (χ1) is 25.7. The van der Waals surface area contributed by atoms with E-state index in [-0.39, 0.29) is 30.7 Å². The molecule has 0 bridgehead atoms. The van der Waals surface area contributed by atoms with Gasteiger partial charge in [0.2, 0.25) is 5.91 Å². The van der Waals surface area contributed by atoms with Crippen molar-refractivity contribution in [3.05, 3.63) is 100 Å². The van der Waals surface area contributed by atoms with Crippen molar-refractivity contribution in [3.63, 3.8) is 0 Å². The lowest BCUT2D eigenvalue weighted by Gasteiger charge is -2.23. The van der Waals surface area contributed by atoms with Gasteiger partial charge in [-0.05, 0) is 78.5 Å². The molecule has 3 aliphatic carbocycles. The van der Waals surface area contributed by atoms with Gasteiger partial charge in [-0.15, -0.1) is 0 Å². The zero-order chi connectivity index (χ0) is 38.1. The summed E-state index contributed by atoms with van der Waals surface area (Å²) in [4.78, 5) is 18.8. The van der Waals surface area contributed by atoms with Gasteiger partial charge in [0.25, 0.3) is 12.3 Å². The van der Waals surface area contributed by atoms with E-state index in [1.807, 2.05) is 30.3 Å². The highest BCUT2D eigenvalue weighted by Crippen LogP contribution is 2.68. The molecular weight excluding hydrogens is 727 g/mol. The number of pyridine rings is 1. The maximum Gasteiger partial charge on any atom is 0.293 e. The number of hydrogen-bond acceptors (Lipinski definition) is 5. The topological polar surface area (TPSA) is 86.9 Å². The molecule has 8 rings (SSSR count). The van der Waals surface area contributed by atoms with Gasteiger partial charge >= 0.3 is 0 Å². The van der Waals surface area contributed by atoms with Crippen LogP contribution in [0.5, 0.6) is 0 Å². The summed E-state index contributed by atoms with van der Waals surface area (Å²) in [6.07, 6.45) is 0.639. The molecule has 2 fully saturated rings. The average molecular weight is 767 g/mol. The van der Waals surface area contributed by atoms with E-state index in [1.54, 1.807) is 10.9 Å². The molecule has 1 unspecified atom stereocenters. The molecule has 0 radical (unpaired) electrons. The summed E-state index contributed by atoms with van der Waals surface area (Å²) in [5.74, 6) is -7.19. The van der Waals surface area contributed by atoms with Gasteiger partial charge in [-0.25, -0.2) is 27.2 Å². The smallest absolute Gasteiger partial charge is 0.293 e. The molecule has 8 nitrogen and oxygen atoms in total. The average Bonchev–Trinajstić information content (AvgIpc) is 4.01. The zero-order valence-electron chi connectivity index (χ0n) is 30.1. The van der Waals surface area contributed by atoms with Crippen LogP contribution in [0.1, 0.15) is 77.3 Å². The zero-order valence-corrected chi connectivity index (χ0v) is 31.1. The highest BCUT2D eigenvalue weighted by molar-refractivity contribution is 6.76. The Labute approximate surface area is 308 Å². The van der Waals surface area contributed by atoms with Gasteiger partial charge in [0, 0.05) is 37.8 Å². The lowest BCUT2D eigenvalue weighted by Crippen LogP contribution is -2.35. The highest BCUT2D eigenvalue weighted by Gasteiger charge is 2.67. The Balaban J connectivity index is 1.18. The van der Waals surface area contributed by atoms with Gasteiger partial charge < -0.3 is 10.1 Å². The summed E-state index contributed by atoms with van der Waals surface area (Å²) in [7, 11) is -1.33. The summed E-state index contributed by atoms with van der Waals surface area (Å²) in [5.41, 5.74) is 2.64. The first-order valence-electron chi connectivity index (χ1n) is 18.2. The van der Waals surface area contributed by atoms with Crippen LogP contribution >= 0.6 is 0 Å². The van der Waals surface area contributed by atoms with Crippen molar-refractivity contribution in [2.24, 2.45) is 5.92 Å². The number of halogens is 6. The Morgan fingerprint density at radius 2 is 1.74 bits per heavy atom. The van der Waals surface area contributed by atoms with E-state index < -0.39 is 73.8 Å². The number of nitrogens with one attached hydrogen (secondary N) is 1. The van der Waals surface area contributed by atoms with E-state index in [1.165, 1.54) is 5.56 Å². The van der Waals surface area contributed by atoms with Gasteiger partial charge in [0.1, 0.15) is 41.8 Å². The predicted octanol–water partition coefficient (Wildman–Crippen LogP) is 9.01. The lowest BCUT2D eigenvalue weighted by atomic mass is 9.94. The van der Waals surface area contributed by atoms with Gasteiger partial charge in [0.15, 0.2) is 0 Å². The third-order valence-corrected chi connectivity index (χ3v) is 12.3. The molecule has 54 heavy (non-hydrogen) atoms. The number of hydrogen-bond donors (Lipinski definition) is 1. The van der Waals surface area contributed by atoms with Crippen LogP contribution in [0.25, 0.3) is 22.2 Å². The summed E-state index contributed by atoms with van der Waals surface area (Å²) in [5, 5.41) is 11.2. The molecule has 1 N–H and O–H groups in total. The quantitative estimate of drug-likeness (QED) is 0.0693. The second-order valence-electron chi connectivity index (χ2n) is 16.0. The molecule has 0 spiro atoms. The molecule has 0 saturated heterocycles. The minimum Gasteiger partial charge on any atom is -0.360 e. The van der Waals surface area contributed by atoms with Crippen LogP contribution in [0, 0.1) is 17.6 Å². The second-order valence-corrected chi connectivity index (χ2v) is 21.6. The SMILES string of the molecule is C[Si](C)(C)CCOCn1ncc2nc(C(Cc3cc(F)cc(F)c3)NC(=O)Cn3nc(C(F)F)c4c3C(F)(F)[C@@H]3C[C@H]43)c(-c3ccc(C4CC4)cc3)cc21. The molecule has 3 heterocycles. The van der Waals surface area contributed by atoms with Crippen molar-refractivity contribution in [1.82, 2.24) is 29.9 Å². The summed E-state index contributed by atoms with van der Waals surface area (Å²) >= 11 is 0. The van der Waals surface area contributed by atoms with E-state index in [2.05, 4.69) is 35.2 Å². The molecule has 1 amide bonds. The second kappa shape index (κ2) is 13.7. The van der Waals surface area contributed by atoms with E-state index in [0.717, 1.165) is 42.6 Å². The molecule has 5 aromatic rings. The van der Waals surface area contributed by atoms with Crippen molar-refractivity contribution >= 4 is 25.0 Å². The normalized spacial score (nSPS) is 19.3. The van der Waals surface area contributed by atoms with Gasteiger partial charge in [-0.2, -0.15) is 19.0 Å². The standard InChI is InChI=1S/C39H40F6N6O2Si/c1-54(2,3)11-10-53-20-51-32-17-27(24-8-6-23(7-9-24)22-4-5-22)35(48-31(32)18-46-51)30(14-21-12-25(40)15-26(41)13-21)47-33(52)19-50-37-34(36(49-50)38(42)43)28-16-29(28)39(37,44)45/h6-9,12-13,15,17-18,22,28-30,38H,4-5,10-11,14,16,19-20H2,1-3H3,(H,47,52)/t28-,29+,30?/m0/s1. The molecule has 284 valence electrons. The van der Waals surface area contributed by atoms with Crippen LogP contribution in [0.4, 0.5) is 26.3 Å². The van der Waals surface area contributed by atoms with Crippen LogP contribution in [0.15, 0.2) is 54.7 Å². The molecule has 0 aliphatic heterocycles. The minimum absolute atomic E-state index is 0.0869. The monoisotopic (exact) mass is 766 g/mol. The number of aromatic nitrogens is 5. The number of alkyl halides is 4. The van der Waals surface area contributed by atoms with Crippen LogP contribution in [0.2, 0.25) is 25.7 Å². The Morgan fingerprint density at radius 1 is 1.02 bits per heavy atom. The predicted molar refractivity (Wildman–Crippen MR) is 192 cm³/mol. The first-order valence-corrected chi connectivity index (χ1v) is 21.9. The fourth-order valence-corrected chi connectivity index (χ4v) is 8.39. The Kier molecular flexibility index (Phi) is 9.23. The van der Waals surface area contributed by atoms with Crippen molar-refractivity contribution in [3.8, 4) is 11.1 Å². The van der Waals surface area contributed by atoms with Crippen LogP contribution in [-0.2, 0) is 35.2 Å². The number of rotatable bonds is 14. The maximum atomic E-state index is 15.3. The maximum absolute atomic E-state index is 15.3. The third-order valence-electron chi connectivity index (χ3n) is 10.6. The summed E-state index contributed by atoms with van der Waals surface area (Å²) in [6.45, 7) is 6.76. The van der Waals surface area contributed by atoms with Gasteiger partial charge in [0.05, 0.1) is 23.4 Å². The van der Waals surface area contributed by atoms with Crippen molar-refractivity contribution < 1.29 is 35.9 Å². The lowest BCUT2D eigenvalue weighted by molar-refractivity contribution is -0.123. The highest BCUT2D eigenvalue weighted by atomic mass is 28.3. The molecule has 3 aromatic heterocycles. The number of carbonyl (C=O) groups is 1. The van der Waals surface area contributed by atoms with E-state index in [4.69, 9.17) is 9.72 Å². The van der Waals surface area contributed by atoms with Crippen molar-refractivity contribution in [1.29, 1.82) is 0 Å². The minimum atomic E-state index is -3.41. The Hall–Kier alpha value is -4.50. The number of carbonyl (C=O) groups excluding carboxylic acids is 1. The molecule has 3 atom stereocenters. The van der Waals surface area contributed by atoms with Crippen molar-refractivity contribution in [2.45, 2.75) is 94.9 Å². The molecule has 2 aromatic carbocycles.